The lowest BCUT2D eigenvalue weighted by atomic mass is 9.46. The van der Waals surface area contributed by atoms with Crippen molar-refractivity contribution < 1.29 is 33.8 Å². The highest BCUT2D eigenvalue weighted by molar-refractivity contribution is 6.01. The van der Waals surface area contributed by atoms with Gasteiger partial charge < -0.3 is 14.6 Å². The highest BCUT2D eigenvalue weighted by Crippen LogP contribution is 2.69. The Morgan fingerprint density at radius 1 is 1.14 bits per heavy atom. The van der Waals surface area contributed by atoms with E-state index >= 15 is 0 Å². The van der Waals surface area contributed by atoms with Crippen molar-refractivity contribution in [3.63, 3.8) is 0 Å². The van der Waals surface area contributed by atoms with E-state index in [1.807, 2.05) is 19.9 Å². The third kappa shape index (κ3) is 3.73. The fourth-order valence-corrected chi connectivity index (χ4v) is 8.12. The summed E-state index contributed by atoms with van der Waals surface area (Å²) in [7, 11) is 0. The van der Waals surface area contributed by atoms with Crippen LogP contribution in [0.15, 0.2) is 23.8 Å². The Morgan fingerprint density at radius 2 is 1.83 bits per heavy atom. The molecule has 3 fully saturated rings. The number of fused-ring (bicyclic) bond motifs is 5. The average Bonchev–Trinajstić information content (AvgIpc) is 3.04. The highest BCUT2D eigenvalue weighted by Gasteiger charge is 2.72. The van der Waals surface area contributed by atoms with Gasteiger partial charge in [-0.1, -0.05) is 46.3 Å². The van der Waals surface area contributed by atoms with Crippen molar-refractivity contribution in [2.45, 2.75) is 84.8 Å². The van der Waals surface area contributed by atoms with Gasteiger partial charge in [-0.15, -0.1) is 0 Å². The fourth-order valence-electron chi connectivity index (χ4n) is 8.12. The number of carbonyl (C=O) groups is 4. The molecule has 0 spiro atoms. The summed E-state index contributed by atoms with van der Waals surface area (Å²) in [5.74, 6) is -1.63. The van der Waals surface area contributed by atoms with Crippen LogP contribution >= 0.6 is 0 Å². The van der Waals surface area contributed by atoms with E-state index in [0.29, 0.717) is 6.42 Å². The number of aliphatic hydroxyl groups is 1. The fraction of sp³-hybridized carbons (Fsp3) is 0.714. The van der Waals surface area contributed by atoms with Gasteiger partial charge in [-0.2, -0.15) is 0 Å². The van der Waals surface area contributed by atoms with Crippen molar-refractivity contribution in [3.8, 4) is 0 Å². The molecule has 0 aromatic carbocycles. The van der Waals surface area contributed by atoms with Gasteiger partial charge in [-0.05, 0) is 49.7 Å². The van der Waals surface area contributed by atoms with Crippen molar-refractivity contribution in [1.29, 1.82) is 0 Å². The molecule has 8 atom stereocenters. The Bertz CT molecular complexity index is 995. The Hall–Kier alpha value is -2.28. The second-order valence-electron chi connectivity index (χ2n) is 11.3. The molecular formula is C28H38O7. The molecule has 0 aromatic heterocycles. The Labute approximate surface area is 207 Å². The molecule has 4 rings (SSSR count). The Kier molecular flexibility index (Phi) is 6.62. The van der Waals surface area contributed by atoms with Crippen LogP contribution in [0.4, 0.5) is 0 Å². The number of ether oxygens (including phenoxy) is 2. The standard InChI is InChI=1S/C28H38O7/c1-6-23(32)34-15-22(31)28(35-24(33)7-2)16(3)12-20-19-9-8-17-13-18(29)10-11-26(17,4)25(19)21(30)14-27(20,28)5/h10-11,13,16,19-21,25,30H,6-9,12,14-15H2,1-5H3. The van der Waals surface area contributed by atoms with Gasteiger partial charge in [-0.25, -0.2) is 0 Å². The molecule has 0 aliphatic heterocycles. The first-order chi connectivity index (χ1) is 16.4. The summed E-state index contributed by atoms with van der Waals surface area (Å²) in [6, 6.07) is 0. The van der Waals surface area contributed by atoms with Crippen LogP contribution in [0.5, 0.6) is 0 Å². The monoisotopic (exact) mass is 486 g/mol. The molecule has 0 heterocycles. The maximum atomic E-state index is 13.8. The third-order valence-electron chi connectivity index (χ3n) is 9.67. The van der Waals surface area contributed by atoms with E-state index in [-0.39, 0.29) is 48.7 Å². The molecule has 35 heavy (non-hydrogen) atoms. The van der Waals surface area contributed by atoms with Crippen LogP contribution in [0, 0.1) is 34.5 Å². The van der Waals surface area contributed by atoms with Gasteiger partial charge in [0.2, 0.25) is 5.78 Å². The van der Waals surface area contributed by atoms with Gasteiger partial charge >= 0.3 is 11.9 Å². The normalized spacial score (nSPS) is 41.8. The minimum Gasteiger partial charge on any atom is -0.457 e. The molecule has 192 valence electrons. The molecule has 0 radical (unpaired) electrons. The number of allylic oxidation sites excluding steroid dienone is 4. The number of esters is 2. The minimum absolute atomic E-state index is 0.0155. The van der Waals surface area contributed by atoms with Crippen LogP contribution in [0.2, 0.25) is 0 Å². The van der Waals surface area contributed by atoms with Crippen molar-refractivity contribution in [3.05, 3.63) is 23.8 Å². The number of hydrogen-bond acceptors (Lipinski definition) is 7. The van der Waals surface area contributed by atoms with Gasteiger partial charge in [0.25, 0.3) is 0 Å². The summed E-state index contributed by atoms with van der Waals surface area (Å²) < 4.78 is 11.3. The molecule has 7 nitrogen and oxygen atoms in total. The second kappa shape index (κ2) is 8.99. The van der Waals surface area contributed by atoms with Gasteiger partial charge in [0.15, 0.2) is 18.0 Å². The van der Waals surface area contributed by atoms with Crippen LogP contribution in [-0.4, -0.2) is 46.9 Å². The molecule has 0 bridgehead atoms. The zero-order valence-electron chi connectivity index (χ0n) is 21.5. The van der Waals surface area contributed by atoms with Crippen molar-refractivity contribution in [2.24, 2.45) is 34.5 Å². The predicted octanol–water partition coefficient (Wildman–Crippen LogP) is 3.73. The molecule has 7 heteroatoms. The maximum Gasteiger partial charge on any atom is 0.306 e. The lowest BCUT2D eigenvalue weighted by Crippen LogP contribution is -2.64. The molecule has 0 saturated heterocycles. The molecule has 0 aromatic rings. The van der Waals surface area contributed by atoms with Gasteiger partial charge in [0, 0.05) is 35.5 Å². The first kappa shape index (κ1) is 25.8. The van der Waals surface area contributed by atoms with Gasteiger partial charge in [0.1, 0.15) is 0 Å². The predicted molar refractivity (Wildman–Crippen MR) is 128 cm³/mol. The van der Waals surface area contributed by atoms with Crippen LogP contribution < -0.4 is 0 Å². The van der Waals surface area contributed by atoms with E-state index in [0.717, 1.165) is 18.4 Å². The van der Waals surface area contributed by atoms with Gasteiger partial charge in [-0.3, -0.25) is 19.2 Å². The summed E-state index contributed by atoms with van der Waals surface area (Å²) >= 11 is 0. The summed E-state index contributed by atoms with van der Waals surface area (Å²) in [4.78, 5) is 50.4. The topological polar surface area (TPSA) is 107 Å². The van der Waals surface area contributed by atoms with Crippen LogP contribution in [0.25, 0.3) is 0 Å². The van der Waals surface area contributed by atoms with E-state index < -0.39 is 46.9 Å². The number of aliphatic hydroxyl groups excluding tert-OH is 1. The number of carbonyl (C=O) groups excluding carboxylic acids is 4. The van der Waals surface area contributed by atoms with Crippen molar-refractivity contribution in [2.75, 3.05) is 6.61 Å². The van der Waals surface area contributed by atoms with Crippen LogP contribution in [0.3, 0.4) is 0 Å². The van der Waals surface area contributed by atoms with E-state index in [2.05, 4.69) is 6.92 Å². The smallest absolute Gasteiger partial charge is 0.306 e. The van der Waals surface area contributed by atoms with Crippen LogP contribution in [0.1, 0.15) is 73.1 Å². The summed E-state index contributed by atoms with van der Waals surface area (Å²) in [5, 5.41) is 11.7. The number of Topliss-reactive ketones (excluding diaryl/α,β-unsaturated/α-hetero) is 1. The Balaban J connectivity index is 1.76. The van der Waals surface area contributed by atoms with E-state index in [1.165, 1.54) is 0 Å². The van der Waals surface area contributed by atoms with E-state index in [4.69, 9.17) is 9.47 Å². The van der Waals surface area contributed by atoms with Gasteiger partial charge in [0.05, 0.1) is 6.10 Å². The molecule has 0 amide bonds. The number of hydrogen-bond donors (Lipinski definition) is 1. The maximum absolute atomic E-state index is 13.8. The molecular weight excluding hydrogens is 448 g/mol. The molecule has 4 aliphatic carbocycles. The summed E-state index contributed by atoms with van der Waals surface area (Å²) in [5.41, 5.74) is -1.64. The van der Waals surface area contributed by atoms with E-state index in [9.17, 15) is 24.3 Å². The first-order valence-corrected chi connectivity index (χ1v) is 13.0. The third-order valence-corrected chi connectivity index (χ3v) is 9.67. The minimum atomic E-state index is -1.47. The summed E-state index contributed by atoms with van der Waals surface area (Å²) in [6.07, 6.45) is 7.31. The quantitative estimate of drug-likeness (QED) is 0.570. The van der Waals surface area contributed by atoms with Crippen LogP contribution in [-0.2, 0) is 28.7 Å². The largest absolute Gasteiger partial charge is 0.457 e. The average molecular weight is 487 g/mol. The lowest BCUT2D eigenvalue weighted by Gasteiger charge is -2.60. The lowest BCUT2D eigenvalue weighted by molar-refractivity contribution is -0.206. The number of ketones is 2. The number of rotatable bonds is 6. The SMILES string of the molecule is CCC(=O)OCC(=O)C1(OC(=O)CC)C(C)CC2C3CCC4=CC(=O)C=CC4(C)C3C(O)CC21C. The molecule has 4 aliphatic rings. The van der Waals surface area contributed by atoms with E-state index in [1.54, 1.807) is 26.0 Å². The molecule has 3 saturated carbocycles. The second-order valence-corrected chi connectivity index (χ2v) is 11.3. The first-order valence-electron chi connectivity index (χ1n) is 13.0. The molecule has 1 N–H and O–H groups in total. The highest BCUT2D eigenvalue weighted by atomic mass is 16.6. The van der Waals surface area contributed by atoms with Crippen molar-refractivity contribution >= 4 is 23.5 Å². The Morgan fingerprint density at radius 3 is 2.49 bits per heavy atom. The zero-order chi connectivity index (χ0) is 25.8. The zero-order valence-corrected chi connectivity index (χ0v) is 21.5. The van der Waals surface area contributed by atoms with Crippen molar-refractivity contribution in [1.82, 2.24) is 0 Å². The summed E-state index contributed by atoms with van der Waals surface area (Å²) in [6.45, 7) is 8.90. The molecule has 8 unspecified atom stereocenters.